The van der Waals surface area contributed by atoms with E-state index in [1.165, 1.54) is 4.90 Å². The number of fused-ring (bicyclic) bond motifs is 1. The summed E-state index contributed by atoms with van der Waals surface area (Å²) in [6.07, 6.45) is 2.55. The first kappa shape index (κ1) is 29.3. The molecule has 3 fully saturated rings. The van der Waals surface area contributed by atoms with Gasteiger partial charge in [0.2, 0.25) is 0 Å². The molecule has 44 heavy (non-hydrogen) atoms. The van der Waals surface area contributed by atoms with Gasteiger partial charge in [-0.1, -0.05) is 30.3 Å². The van der Waals surface area contributed by atoms with Crippen LogP contribution in [0.15, 0.2) is 59.4 Å². The predicted octanol–water partition coefficient (Wildman–Crippen LogP) is 2.15. The fraction of sp³-hybridized carbons (Fsp3) is 0.452. The molecular weight excluding hydrogens is 566 g/mol. The maximum atomic E-state index is 13.0. The second kappa shape index (κ2) is 12.1. The number of carboxylic acids is 1. The van der Waals surface area contributed by atoms with Crippen LogP contribution in [-0.4, -0.2) is 99.1 Å². The Morgan fingerprint density at radius 3 is 2.25 bits per heavy atom. The molecule has 232 valence electrons. The number of piperidine rings is 2. The summed E-state index contributed by atoms with van der Waals surface area (Å²) in [6.45, 7) is 1.80. The van der Waals surface area contributed by atoms with Crippen LogP contribution in [0.3, 0.4) is 0 Å². The van der Waals surface area contributed by atoms with Crippen LogP contribution in [0.4, 0.5) is 15.3 Å². The summed E-state index contributed by atoms with van der Waals surface area (Å²) in [7, 11) is 0. The number of para-hydroxylation sites is 3. The van der Waals surface area contributed by atoms with E-state index in [-0.39, 0.29) is 24.1 Å². The Balaban J connectivity index is 0.998. The Labute approximate surface area is 253 Å². The van der Waals surface area contributed by atoms with Crippen LogP contribution in [-0.2, 0) is 9.59 Å². The van der Waals surface area contributed by atoms with Crippen molar-refractivity contribution in [3.63, 3.8) is 0 Å². The molecule has 3 aliphatic heterocycles. The third kappa shape index (κ3) is 5.49. The minimum Gasteiger partial charge on any atom is -0.480 e. The topological polar surface area (TPSA) is 160 Å². The maximum absolute atomic E-state index is 13.0. The number of nitrogens with one attached hydrogen (secondary N) is 3. The van der Waals surface area contributed by atoms with E-state index in [1.807, 2.05) is 54.6 Å². The van der Waals surface area contributed by atoms with Gasteiger partial charge in [-0.2, -0.15) is 0 Å². The number of aliphatic carboxylic acids is 1. The number of benzene rings is 2. The quantitative estimate of drug-likeness (QED) is 0.336. The minimum absolute atomic E-state index is 0.0831. The number of Topliss-reactive ketones (excluding diaryl/α,β-unsaturated/α-hetero) is 1. The van der Waals surface area contributed by atoms with E-state index in [0.29, 0.717) is 64.8 Å². The van der Waals surface area contributed by atoms with Gasteiger partial charge in [0.05, 0.1) is 17.6 Å². The Hall–Kier alpha value is -4.81. The van der Waals surface area contributed by atoms with Crippen molar-refractivity contribution in [1.29, 1.82) is 0 Å². The van der Waals surface area contributed by atoms with Crippen LogP contribution in [0.1, 0.15) is 38.1 Å². The molecule has 1 aromatic heterocycles. The highest BCUT2D eigenvalue weighted by atomic mass is 16.4. The number of nitrogens with zero attached hydrogens (tertiary/aromatic N) is 4. The molecule has 3 aromatic rings. The number of rotatable bonds is 6. The molecule has 13 heteroatoms. The summed E-state index contributed by atoms with van der Waals surface area (Å²) >= 11 is 0. The van der Waals surface area contributed by atoms with E-state index in [2.05, 4.69) is 20.5 Å². The van der Waals surface area contributed by atoms with Crippen molar-refractivity contribution in [3.05, 3.63) is 65.1 Å². The summed E-state index contributed by atoms with van der Waals surface area (Å²) in [5, 5.41) is 15.0. The zero-order chi connectivity index (χ0) is 30.8. The lowest BCUT2D eigenvalue weighted by atomic mass is 9.83. The zero-order valence-corrected chi connectivity index (χ0v) is 24.4. The lowest BCUT2D eigenvalue weighted by Gasteiger charge is -2.44. The van der Waals surface area contributed by atoms with Crippen molar-refractivity contribution >= 4 is 40.5 Å². The van der Waals surface area contributed by atoms with Crippen molar-refractivity contribution in [2.75, 3.05) is 44.2 Å². The Bertz CT molecular complexity index is 1600. The lowest BCUT2D eigenvalue weighted by Crippen LogP contribution is -2.59. The fourth-order valence-electron chi connectivity index (χ4n) is 6.93. The minimum atomic E-state index is -1.32. The SMILES string of the molecule is O=C(O)C(CNC(=O)N1CCC2(CC1)C(=O)CCN2c1ccccc1)NC(=O)N1CCC(n2c(=O)[nH]c3ccccc32)CC1. The van der Waals surface area contributed by atoms with E-state index >= 15 is 0 Å². The van der Waals surface area contributed by atoms with E-state index in [9.17, 15) is 29.1 Å². The second-order valence-corrected chi connectivity index (χ2v) is 11.7. The van der Waals surface area contributed by atoms with Crippen molar-refractivity contribution in [2.24, 2.45) is 0 Å². The molecule has 1 atom stereocenters. The van der Waals surface area contributed by atoms with Crippen LogP contribution >= 0.6 is 0 Å². The monoisotopic (exact) mass is 603 g/mol. The Morgan fingerprint density at radius 2 is 1.55 bits per heavy atom. The average molecular weight is 604 g/mol. The number of hydrogen-bond donors (Lipinski definition) is 4. The number of likely N-dealkylation sites (tertiary alicyclic amines) is 2. The van der Waals surface area contributed by atoms with Gasteiger partial charge in [-0.3, -0.25) is 9.36 Å². The molecule has 0 saturated carbocycles. The smallest absolute Gasteiger partial charge is 0.328 e. The first-order chi connectivity index (χ1) is 21.3. The van der Waals surface area contributed by atoms with Crippen LogP contribution < -0.4 is 21.2 Å². The number of ketones is 1. The van der Waals surface area contributed by atoms with Crippen LogP contribution in [0.2, 0.25) is 0 Å². The molecule has 0 radical (unpaired) electrons. The molecule has 3 aliphatic rings. The van der Waals surface area contributed by atoms with E-state index < -0.39 is 29.6 Å². The van der Waals surface area contributed by atoms with Crippen molar-refractivity contribution < 1.29 is 24.3 Å². The average Bonchev–Trinajstić information content (AvgIpc) is 3.54. The normalized spacial score (nSPS) is 19.4. The molecule has 6 rings (SSSR count). The molecule has 3 saturated heterocycles. The van der Waals surface area contributed by atoms with Crippen molar-refractivity contribution in [3.8, 4) is 0 Å². The Kier molecular flexibility index (Phi) is 8.02. The van der Waals surface area contributed by atoms with Gasteiger partial charge in [0.25, 0.3) is 0 Å². The number of carboxylic acid groups (broad SMARTS) is 1. The molecule has 1 spiro atoms. The number of imidazole rings is 1. The molecule has 4 N–H and O–H groups in total. The second-order valence-electron chi connectivity index (χ2n) is 11.7. The highest BCUT2D eigenvalue weighted by molar-refractivity contribution is 5.96. The number of amides is 4. The molecule has 13 nitrogen and oxygen atoms in total. The number of H-pyrrole nitrogens is 1. The summed E-state index contributed by atoms with van der Waals surface area (Å²) in [5.74, 6) is -1.07. The van der Waals surface area contributed by atoms with Crippen molar-refractivity contribution in [2.45, 2.75) is 49.7 Å². The van der Waals surface area contributed by atoms with Gasteiger partial charge in [-0.25, -0.2) is 19.2 Å². The summed E-state index contributed by atoms with van der Waals surface area (Å²) < 4.78 is 1.73. The molecule has 1 unspecified atom stereocenters. The van der Waals surface area contributed by atoms with Gasteiger partial charge in [0.15, 0.2) is 5.78 Å². The third-order valence-corrected chi connectivity index (χ3v) is 9.34. The lowest BCUT2D eigenvalue weighted by molar-refractivity contribution is -0.139. The number of urea groups is 2. The van der Waals surface area contributed by atoms with Gasteiger partial charge in [-0.15, -0.1) is 0 Å². The van der Waals surface area contributed by atoms with Gasteiger partial charge in [0, 0.05) is 50.9 Å². The number of anilines is 1. The maximum Gasteiger partial charge on any atom is 0.328 e. The molecule has 2 aromatic carbocycles. The summed E-state index contributed by atoms with van der Waals surface area (Å²) in [5.41, 5.74) is 1.74. The molecule has 0 aliphatic carbocycles. The highest BCUT2D eigenvalue weighted by Gasteiger charge is 2.50. The fourth-order valence-corrected chi connectivity index (χ4v) is 6.93. The number of carbonyl (C=O) groups excluding carboxylic acids is 3. The third-order valence-electron chi connectivity index (χ3n) is 9.34. The highest BCUT2D eigenvalue weighted by Crippen LogP contribution is 2.39. The standard InChI is InChI=1S/C31H37N7O6/c39-26-12-17-37(21-6-2-1-3-7-21)31(26)13-18-36(19-14-31)28(42)32-20-24(27(40)41)34-29(43)35-15-10-22(11-16-35)38-25-9-5-4-8-23(25)33-30(38)44/h1-9,22,24H,10-20H2,(H,32,42)(H,33,44)(H,34,43)(H,40,41). The number of aromatic nitrogens is 2. The van der Waals surface area contributed by atoms with E-state index in [0.717, 1.165) is 16.7 Å². The van der Waals surface area contributed by atoms with Crippen LogP contribution in [0, 0.1) is 0 Å². The van der Waals surface area contributed by atoms with Gasteiger partial charge in [-0.05, 0) is 49.9 Å². The van der Waals surface area contributed by atoms with E-state index in [1.54, 1.807) is 9.47 Å². The Morgan fingerprint density at radius 1 is 0.886 bits per heavy atom. The largest absolute Gasteiger partial charge is 0.480 e. The number of hydrogen-bond acceptors (Lipinski definition) is 6. The number of aromatic amines is 1. The summed E-state index contributed by atoms with van der Waals surface area (Å²) in [6, 6.07) is 14.9. The molecule has 0 bridgehead atoms. The van der Waals surface area contributed by atoms with Gasteiger partial charge in [0.1, 0.15) is 11.6 Å². The van der Waals surface area contributed by atoms with Crippen LogP contribution in [0.25, 0.3) is 11.0 Å². The molecule has 4 amide bonds. The van der Waals surface area contributed by atoms with Gasteiger partial charge >= 0.3 is 23.7 Å². The predicted molar refractivity (Wildman–Crippen MR) is 163 cm³/mol. The first-order valence-electron chi connectivity index (χ1n) is 15.1. The van der Waals surface area contributed by atoms with Gasteiger partial charge < -0.3 is 35.4 Å². The van der Waals surface area contributed by atoms with Crippen LogP contribution in [0.5, 0.6) is 0 Å². The molecular formula is C31H37N7O6. The first-order valence-corrected chi connectivity index (χ1v) is 15.1. The zero-order valence-electron chi connectivity index (χ0n) is 24.4. The molecule has 4 heterocycles. The van der Waals surface area contributed by atoms with E-state index in [4.69, 9.17) is 0 Å². The van der Waals surface area contributed by atoms with Crippen molar-refractivity contribution in [1.82, 2.24) is 30.0 Å². The number of carbonyl (C=O) groups is 4. The summed E-state index contributed by atoms with van der Waals surface area (Å²) in [4.78, 5) is 71.6.